The third-order valence-corrected chi connectivity index (χ3v) is 7.73. The standard InChI is InChI=1S/C23H27ClN2O5S/c1-16-7-8-17(2)20(13-16)25-22(27)15-31-23(28)18-9-10-19(24)21(14-18)32(29,30)26-11-5-3-4-6-12-26/h7-10,13-14H,3-6,11-12,15H2,1-2H3,(H,25,27). The predicted molar refractivity (Wildman–Crippen MR) is 124 cm³/mol. The molecule has 1 saturated heterocycles. The number of anilines is 1. The van der Waals surface area contributed by atoms with Crippen LogP contribution in [0.3, 0.4) is 0 Å². The second-order valence-corrected chi connectivity index (χ2v) is 10.2. The first kappa shape index (κ1) is 24.2. The van der Waals surface area contributed by atoms with Gasteiger partial charge in [-0.25, -0.2) is 13.2 Å². The molecule has 0 bridgehead atoms. The number of rotatable bonds is 6. The molecule has 0 saturated carbocycles. The van der Waals surface area contributed by atoms with E-state index in [1.807, 2.05) is 32.0 Å². The number of amides is 1. The minimum Gasteiger partial charge on any atom is -0.452 e. The number of nitrogens with zero attached hydrogens (tertiary/aromatic N) is 1. The van der Waals surface area contributed by atoms with Crippen LogP contribution in [0, 0.1) is 13.8 Å². The summed E-state index contributed by atoms with van der Waals surface area (Å²) in [4.78, 5) is 24.6. The van der Waals surface area contributed by atoms with Gasteiger partial charge in [0.15, 0.2) is 6.61 Å². The molecule has 172 valence electrons. The van der Waals surface area contributed by atoms with Gasteiger partial charge in [-0.3, -0.25) is 4.79 Å². The van der Waals surface area contributed by atoms with Crippen LogP contribution >= 0.6 is 11.6 Å². The van der Waals surface area contributed by atoms with Crippen LogP contribution in [0.15, 0.2) is 41.3 Å². The Balaban J connectivity index is 1.69. The Hall–Kier alpha value is -2.42. The first-order chi connectivity index (χ1) is 15.2. The molecule has 1 N–H and O–H groups in total. The van der Waals surface area contributed by atoms with Crippen LogP contribution in [0.2, 0.25) is 5.02 Å². The summed E-state index contributed by atoms with van der Waals surface area (Å²) in [5.41, 5.74) is 2.53. The maximum Gasteiger partial charge on any atom is 0.338 e. The highest BCUT2D eigenvalue weighted by atomic mass is 35.5. The van der Waals surface area contributed by atoms with Crippen LogP contribution in [0.4, 0.5) is 5.69 Å². The Bertz CT molecular complexity index is 1110. The summed E-state index contributed by atoms with van der Waals surface area (Å²) in [6, 6.07) is 9.61. The Kier molecular flexibility index (Phi) is 7.92. The van der Waals surface area contributed by atoms with Gasteiger partial charge in [-0.1, -0.05) is 36.6 Å². The average Bonchev–Trinajstić information content (AvgIpc) is 3.05. The van der Waals surface area contributed by atoms with E-state index >= 15 is 0 Å². The molecule has 0 radical (unpaired) electrons. The number of nitrogens with one attached hydrogen (secondary N) is 1. The molecular formula is C23H27ClN2O5S. The second-order valence-electron chi connectivity index (χ2n) is 7.91. The minimum absolute atomic E-state index is 0.0160. The summed E-state index contributed by atoms with van der Waals surface area (Å²) in [6.45, 7) is 4.12. The van der Waals surface area contributed by atoms with E-state index in [-0.39, 0.29) is 15.5 Å². The SMILES string of the molecule is Cc1ccc(C)c(NC(=O)COC(=O)c2ccc(Cl)c(S(=O)(=O)N3CCCCCC3)c2)c1. The summed E-state index contributed by atoms with van der Waals surface area (Å²) in [5, 5.41) is 2.75. The van der Waals surface area contributed by atoms with E-state index in [9.17, 15) is 18.0 Å². The molecule has 0 unspecified atom stereocenters. The zero-order valence-corrected chi connectivity index (χ0v) is 19.8. The predicted octanol–water partition coefficient (Wildman–Crippen LogP) is 4.32. The van der Waals surface area contributed by atoms with E-state index in [2.05, 4.69) is 5.32 Å². The average molecular weight is 479 g/mol. The highest BCUT2D eigenvalue weighted by molar-refractivity contribution is 7.89. The van der Waals surface area contributed by atoms with E-state index in [0.717, 1.165) is 36.8 Å². The lowest BCUT2D eigenvalue weighted by Gasteiger charge is -2.21. The summed E-state index contributed by atoms with van der Waals surface area (Å²) in [5.74, 6) is -1.29. The smallest absolute Gasteiger partial charge is 0.338 e. The van der Waals surface area contributed by atoms with Crippen LogP contribution in [0.5, 0.6) is 0 Å². The van der Waals surface area contributed by atoms with Crippen molar-refractivity contribution in [3.8, 4) is 0 Å². The number of hydrogen-bond donors (Lipinski definition) is 1. The fraction of sp³-hybridized carbons (Fsp3) is 0.391. The van der Waals surface area contributed by atoms with Gasteiger partial charge in [0.25, 0.3) is 5.91 Å². The molecule has 2 aromatic carbocycles. The third kappa shape index (κ3) is 5.88. The maximum absolute atomic E-state index is 13.1. The molecule has 0 aromatic heterocycles. The number of sulfonamides is 1. The molecule has 1 aliphatic rings. The van der Waals surface area contributed by atoms with E-state index in [4.69, 9.17) is 16.3 Å². The first-order valence-electron chi connectivity index (χ1n) is 10.5. The lowest BCUT2D eigenvalue weighted by atomic mass is 10.1. The van der Waals surface area contributed by atoms with Gasteiger partial charge in [0.1, 0.15) is 4.90 Å². The molecule has 32 heavy (non-hydrogen) atoms. The van der Waals surface area contributed by atoms with Crippen LogP contribution in [-0.2, 0) is 19.6 Å². The Labute approximate surface area is 193 Å². The summed E-state index contributed by atoms with van der Waals surface area (Å²) >= 11 is 6.17. The maximum atomic E-state index is 13.1. The molecule has 1 fully saturated rings. The molecule has 3 rings (SSSR count). The van der Waals surface area contributed by atoms with Gasteiger partial charge < -0.3 is 10.1 Å². The molecule has 9 heteroatoms. The highest BCUT2D eigenvalue weighted by Gasteiger charge is 2.28. The lowest BCUT2D eigenvalue weighted by Crippen LogP contribution is -2.32. The van der Waals surface area contributed by atoms with Crippen molar-refractivity contribution in [2.75, 3.05) is 25.0 Å². The van der Waals surface area contributed by atoms with Crippen LogP contribution in [0.1, 0.15) is 47.2 Å². The largest absolute Gasteiger partial charge is 0.452 e. The number of benzene rings is 2. The van der Waals surface area contributed by atoms with Crippen LogP contribution < -0.4 is 5.32 Å². The van der Waals surface area contributed by atoms with E-state index in [1.165, 1.54) is 22.5 Å². The fourth-order valence-corrected chi connectivity index (χ4v) is 5.54. The van der Waals surface area contributed by atoms with Crippen molar-refractivity contribution in [3.05, 3.63) is 58.1 Å². The normalized spacial score (nSPS) is 15.1. The first-order valence-corrected chi connectivity index (χ1v) is 12.3. The molecule has 2 aromatic rings. The summed E-state index contributed by atoms with van der Waals surface area (Å²) in [7, 11) is -3.84. The zero-order valence-electron chi connectivity index (χ0n) is 18.2. The van der Waals surface area contributed by atoms with Crippen molar-refractivity contribution < 1.29 is 22.7 Å². The van der Waals surface area contributed by atoms with Gasteiger partial charge in [-0.05, 0) is 62.1 Å². The molecule has 0 atom stereocenters. The molecule has 1 heterocycles. The topological polar surface area (TPSA) is 92.8 Å². The summed E-state index contributed by atoms with van der Waals surface area (Å²) < 4.78 is 32.7. The third-order valence-electron chi connectivity index (χ3n) is 5.35. The van der Waals surface area contributed by atoms with Gasteiger partial charge in [-0.15, -0.1) is 0 Å². The van der Waals surface area contributed by atoms with Crippen molar-refractivity contribution in [2.45, 2.75) is 44.4 Å². The molecule has 7 nitrogen and oxygen atoms in total. The molecule has 1 amide bonds. The number of esters is 1. The van der Waals surface area contributed by atoms with E-state index in [1.54, 1.807) is 0 Å². The van der Waals surface area contributed by atoms with Crippen molar-refractivity contribution in [1.82, 2.24) is 4.31 Å². The van der Waals surface area contributed by atoms with Gasteiger partial charge in [0.2, 0.25) is 10.0 Å². The lowest BCUT2D eigenvalue weighted by molar-refractivity contribution is -0.119. The zero-order chi connectivity index (χ0) is 23.3. The summed E-state index contributed by atoms with van der Waals surface area (Å²) in [6.07, 6.45) is 3.54. The van der Waals surface area contributed by atoms with Crippen molar-refractivity contribution in [3.63, 3.8) is 0 Å². The molecule has 0 aliphatic carbocycles. The number of halogens is 1. The number of ether oxygens (including phenoxy) is 1. The molecule has 1 aliphatic heterocycles. The van der Waals surface area contributed by atoms with Crippen molar-refractivity contribution in [1.29, 1.82) is 0 Å². The van der Waals surface area contributed by atoms with Gasteiger partial charge in [-0.2, -0.15) is 4.31 Å². The van der Waals surface area contributed by atoms with E-state index < -0.39 is 28.5 Å². The molecule has 0 spiro atoms. The van der Waals surface area contributed by atoms with Gasteiger partial charge >= 0.3 is 5.97 Å². The quantitative estimate of drug-likeness (QED) is 0.624. The van der Waals surface area contributed by atoms with E-state index in [0.29, 0.717) is 18.8 Å². The Morgan fingerprint density at radius 2 is 1.72 bits per heavy atom. The number of carbonyl (C=O) groups is 2. The Morgan fingerprint density at radius 1 is 1.03 bits per heavy atom. The van der Waals surface area contributed by atoms with Crippen molar-refractivity contribution in [2.24, 2.45) is 0 Å². The van der Waals surface area contributed by atoms with Crippen LogP contribution in [-0.4, -0.2) is 44.3 Å². The van der Waals surface area contributed by atoms with Gasteiger partial charge in [0.05, 0.1) is 10.6 Å². The number of aryl methyl sites for hydroxylation is 2. The Morgan fingerprint density at radius 3 is 2.41 bits per heavy atom. The monoisotopic (exact) mass is 478 g/mol. The number of hydrogen-bond acceptors (Lipinski definition) is 5. The molecular weight excluding hydrogens is 452 g/mol. The van der Waals surface area contributed by atoms with Crippen molar-refractivity contribution >= 4 is 39.2 Å². The fourth-order valence-electron chi connectivity index (χ4n) is 3.52. The highest BCUT2D eigenvalue weighted by Crippen LogP contribution is 2.28. The minimum atomic E-state index is -3.84. The number of carbonyl (C=O) groups excluding carboxylic acids is 2. The van der Waals surface area contributed by atoms with Gasteiger partial charge in [0, 0.05) is 18.8 Å². The second kappa shape index (κ2) is 10.5. The van der Waals surface area contributed by atoms with Crippen LogP contribution in [0.25, 0.3) is 0 Å².